The summed E-state index contributed by atoms with van der Waals surface area (Å²) in [4.78, 5) is 0. The third-order valence-electron chi connectivity index (χ3n) is 5.96. The first-order chi connectivity index (χ1) is 12.2. The maximum atomic E-state index is 13.3. The lowest BCUT2D eigenvalue weighted by atomic mass is 9.77. The standard InChI is InChI=1S/C20H34N2O3S/c1-5-6-7-8-13-22(23)14-12-20(16(2)17(22)3)18-10-9-11-19(15-18)21-26(4,24)25/h9-11,15-17,20-21H,5-8,12-14H2,1-4H3/t16-,17-,20+,22+/m0/s1. The van der Waals surface area contributed by atoms with Crippen LogP contribution in [0.5, 0.6) is 0 Å². The fraction of sp³-hybridized carbons (Fsp3) is 0.700. The predicted octanol–water partition coefficient (Wildman–Crippen LogP) is 4.46. The lowest BCUT2D eigenvalue weighted by Crippen LogP contribution is -2.57. The van der Waals surface area contributed by atoms with Crippen LogP contribution < -0.4 is 4.72 Å². The van der Waals surface area contributed by atoms with Crippen LogP contribution in [0.2, 0.25) is 0 Å². The maximum Gasteiger partial charge on any atom is 0.229 e. The Kier molecular flexibility index (Phi) is 7.11. The Balaban J connectivity index is 2.08. The van der Waals surface area contributed by atoms with E-state index in [4.69, 9.17) is 0 Å². The number of nitrogens with zero attached hydrogens (tertiary/aromatic N) is 1. The molecule has 0 radical (unpaired) electrons. The van der Waals surface area contributed by atoms with E-state index < -0.39 is 10.0 Å². The number of hydroxylamine groups is 3. The first-order valence-corrected chi connectivity index (χ1v) is 11.7. The van der Waals surface area contributed by atoms with E-state index in [1.165, 1.54) is 12.8 Å². The number of sulfonamides is 1. The Morgan fingerprint density at radius 2 is 1.96 bits per heavy atom. The summed E-state index contributed by atoms with van der Waals surface area (Å²) in [6, 6.07) is 7.68. The Hall–Kier alpha value is -1.11. The first-order valence-electron chi connectivity index (χ1n) is 9.82. The Morgan fingerprint density at radius 1 is 1.23 bits per heavy atom. The molecular formula is C20H34N2O3S. The van der Waals surface area contributed by atoms with Gasteiger partial charge in [-0.15, -0.1) is 0 Å². The topological polar surface area (TPSA) is 69.2 Å². The summed E-state index contributed by atoms with van der Waals surface area (Å²) in [6.07, 6.45) is 6.55. The van der Waals surface area contributed by atoms with Gasteiger partial charge in [0.15, 0.2) is 0 Å². The molecule has 1 saturated heterocycles. The second kappa shape index (κ2) is 8.72. The molecule has 1 fully saturated rings. The van der Waals surface area contributed by atoms with Crippen molar-refractivity contribution in [2.75, 3.05) is 24.1 Å². The molecule has 1 aliphatic heterocycles. The molecule has 1 heterocycles. The third-order valence-corrected chi connectivity index (χ3v) is 6.57. The van der Waals surface area contributed by atoms with Crippen LogP contribution in [0.4, 0.5) is 5.69 Å². The highest BCUT2D eigenvalue weighted by molar-refractivity contribution is 7.92. The number of piperidine rings is 1. The fourth-order valence-corrected chi connectivity index (χ4v) is 4.78. The Morgan fingerprint density at radius 3 is 2.62 bits per heavy atom. The van der Waals surface area contributed by atoms with Gasteiger partial charge in [-0.2, -0.15) is 0 Å². The van der Waals surface area contributed by atoms with Gasteiger partial charge in [0.05, 0.1) is 25.4 Å². The maximum absolute atomic E-state index is 13.3. The number of hydrogen-bond acceptors (Lipinski definition) is 3. The van der Waals surface area contributed by atoms with Gasteiger partial charge in [0, 0.05) is 18.0 Å². The van der Waals surface area contributed by atoms with Gasteiger partial charge in [-0.1, -0.05) is 38.8 Å². The van der Waals surface area contributed by atoms with E-state index in [1.54, 1.807) is 6.07 Å². The second-order valence-corrected chi connectivity index (χ2v) is 9.70. The van der Waals surface area contributed by atoms with Crippen molar-refractivity contribution in [2.45, 2.75) is 64.8 Å². The summed E-state index contributed by atoms with van der Waals surface area (Å²) in [5.74, 6) is 0.558. The number of nitrogens with one attached hydrogen (secondary N) is 1. The normalized spacial score (nSPS) is 29.5. The lowest BCUT2D eigenvalue weighted by Gasteiger charge is -2.55. The minimum Gasteiger partial charge on any atom is -0.633 e. The van der Waals surface area contributed by atoms with Crippen LogP contribution in [0.3, 0.4) is 0 Å². The molecule has 0 spiro atoms. The van der Waals surface area contributed by atoms with Gasteiger partial charge in [-0.25, -0.2) is 8.42 Å². The number of benzene rings is 1. The molecule has 2 rings (SSSR count). The zero-order valence-corrected chi connectivity index (χ0v) is 17.4. The first kappa shape index (κ1) is 21.2. The summed E-state index contributed by atoms with van der Waals surface area (Å²) < 4.78 is 25.4. The molecule has 4 atom stereocenters. The largest absolute Gasteiger partial charge is 0.633 e. The molecule has 0 bridgehead atoms. The van der Waals surface area contributed by atoms with Crippen LogP contribution >= 0.6 is 0 Å². The third kappa shape index (κ3) is 5.44. The van der Waals surface area contributed by atoms with Gasteiger partial charge in [-0.3, -0.25) is 4.72 Å². The van der Waals surface area contributed by atoms with Crippen LogP contribution in [0.25, 0.3) is 0 Å². The Bertz CT molecular complexity index is 692. The monoisotopic (exact) mass is 382 g/mol. The van der Waals surface area contributed by atoms with Gasteiger partial charge in [0.25, 0.3) is 0 Å². The van der Waals surface area contributed by atoms with Gasteiger partial charge < -0.3 is 9.85 Å². The molecular weight excluding hydrogens is 348 g/mol. The number of quaternary nitrogens is 1. The molecule has 0 saturated carbocycles. The van der Waals surface area contributed by atoms with Crippen molar-refractivity contribution in [3.05, 3.63) is 35.0 Å². The molecule has 0 unspecified atom stereocenters. The van der Waals surface area contributed by atoms with Crippen molar-refractivity contribution < 1.29 is 13.1 Å². The molecule has 148 valence electrons. The van der Waals surface area contributed by atoms with Crippen LogP contribution in [-0.2, 0) is 10.0 Å². The average Bonchev–Trinajstić information content (AvgIpc) is 2.56. The van der Waals surface area contributed by atoms with Crippen molar-refractivity contribution >= 4 is 15.7 Å². The predicted molar refractivity (Wildman–Crippen MR) is 108 cm³/mol. The van der Waals surface area contributed by atoms with Crippen molar-refractivity contribution in [3.63, 3.8) is 0 Å². The fourth-order valence-electron chi connectivity index (χ4n) is 4.23. The van der Waals surface area contributed by atoms with E-state index in [0.717, 1.165) is 31.1 Å². The quantitative estimate of drug-likeness (QED) is 0.410. The smallest absolute Gasteiger partial charge is 0.229 e. The zero-order valence-electron chi connectivity index (χ0n) is 16.6. The van der Waals surface area contributed by atoms with Crippen molar-refractivity contribution in [3.8, 4) is 0 Å². The van der Waals surface area contributed by atoms with E-state index in [9.17, 15) is 13.6 Å². The number of anilines is 1. The summed E-state index contributed by atoms with van der Waals surface area (Å²) >= 11 is 0. The molecule has 1 aromatic rings. The van der Waals surface area contributed by atoms with Gasteiger partial charge >= 0.3 is 0 Å². The van der Waals surface area contributed by atoms with E-state index in [1.807, 2.05) is 18.2 Å². The van der Waals surface area contributed by atoms with Crippen molar-refractivity contribution in [1.82, 2.24) is 0 Å². The molecule has 1 aromatic carbocycles. The van der Waals surface area contributed by atoms with E-state index in [0.29, 0.717) is 24.7 Å². The highest BCUT2D eigenvalue weighted by Crippen LogP contribution is 2.40. The molecule has 6 heteroatoms. The van der Waals surface area contributed by atoms with Crippen LogP contribution in [0.1, 0.15) is 64.4 Å². The molecule has 0 aromatic heterocycles. The van der Waals surface area contributed by atoms with Gasteiger partial charge in [-0.05, 0) is 43.4 Å². The summed E-state index contributed by atoms with van der Waals surface area (Å²) in [5.41, 5.74) is 1.72. The highest BCUT2D eigenvalue weighted by atomic mass is 32.2. The highest BCUT2D eigenvalue weighted by Gasteiger charge is 2.40. The summed E-state index contributed by atoms with van der Waals surface area (Å²) in [6.45, 7) is 7.80. The van der Waals surface area contributed by atoms with Crippen molar-refractivity contribution in [2.24, 2.45) is 5.92 Å². The number of hydrogen-bond donors (Lipinski definition) is 1. The van der Waals surface area contributed by atoms with Crippen LogP contribution in [0, 0.1) is 11.1 Å². The van der Waals surface area contributed by atoms with E-state index in [-0.39, 0.29) is 16.6 Å². The number of likely N-dealkylation sites (tertiary alicyclic amines) is 1. The van der Waals surface area contributed by atoms with Gasteiger partial charge in [0.1, 0.15) is 0 Å². The molecule has 1 aliphatic rings. The summed E-state index contributed by atoms with van der Waals surface area (Å²) in [5, 5.41) is 13.3. The molecule has 26 heavy (non-hydrogen) atoms. The minimum absolute atomic E-state index is 0.0573. The summed E-state index contributed by atoms with van der Waals surface area (Å²) in [7, 11) is -3.29. The number of unbranched alkanes of at least 4 members (excludes halogenated alkanes) is 3. The van der Waals surface area contributed by atoms with E-state index >= 15 is 0 Å². The van der Waals surface area contributed by atoms with Gasteiger partial charge in [0.2, 0.25) is 10.0 Å². The molecule has 1 N–H and O–H groups in total. The van der Waals surface area contributed by atoms with Crippen molar-refractivity contribution in [1.29, 1.82) is 0 Å². The molecule has 0 aliphatic carbocycles. The SMILES string of the molecule is CCCCCC[N@@+]1([O-])CC[C@@H](c2cccc(NS(C)(=O)=O)c2)[C@@H](C)[C@@H]1C. The molecule has 5 nitrogen and oxygen atoms in total. The second-order valence-electron chi connectivity index (χ2n) is 7.95. The average molecular weight is 383 g/mol. The van der Waals surface area contributed by atoms with Crippen LogP contribution in [0.15, 0.2) is 24.3 Å². The zero-order chi connectivity index (χ0) is 19.4. The van der Waals surface area contributed by atoms with Crippen LogP contribution in [-0.4, -0.2) is 38.5 Å². The molecule has 0 amide bonds. The number of rotatable bonds is 8. The lowest BCUT2D eigenvalue weighted by molar-refractivity contribution is -0.913. The Labute approximate surface area is 159 Å². The minimum atomic E-state index is -3.29. The van der Waals surface area contributed by atoms with E-state index in [2.05, 4.69) is 25.5 Å².